The summed E-state index contributed by atoms with van der Waals surface area (Å²) >= 11 is 0. The van der Waals surface area contributed by atoms with Gasteiger partial charge in [-0.1, -0.05) is 109 Å². The Morgan fingerprint density at radius 2 is 0.706 bits per heavy atom. The minimum atomic E-state index is 0.992. The highest BCUT2D eigenvalue weighted by molar-refractivity contribution is 5.84. The predicted octanol–water partition coefficient (Wildman–Crippen LogP) is 7.82. The third-order valence-corrected chi connectivity index (χ3v) is 5.55. The summed E-state index contributed by atoms with van der Waals surface area (Å²) in [7, 11) is 0. The van der Waals surface area contributed by atoms with E-state index in [9.17, 15) is 0 Å². The standard InChI is InChI=1S/C34H22/c1-4-10-27(11-5-1)16-17-29-20-23-32(24-21-29)34-26-30(19-18-28-12-6-2-7-13-28)22-25-33(34)31-14-8-3-9-15-31/h1-15,20-26H. The normalized spacial score (nSPS) is 9.88. The first-order valence-electron chi connectivity index (χ1n) is 11.3. The summed E-state index contributed by atoms with van der Waals surface area (Å²) in [6, 6.07) is 45.5. The van der Waals surface area contributed by atoms with Gasteiger partial charge in [-0.05, 0) is 70.8 Å². The third kappa shape index (κ3) is 5.16. The van der Waals surface area contributed by atoms with Crippen LogP contribution in [0.1, 0.15) is 22.3 Å². The van der Waals surface area contributed by atoms with Crippen LogP contribution in [0.5, 0.6) is 0 Å². The van der Waals surface area contributed by atoms with Gasteiger partial charge in [0.1, 0.15) is 0 Å². The van der Waals surface area contributed by atoms with Gasteiger partial charge in [-0.25, -0.2) is 0 Å². The van der Waals surface area contributed by atoms with E-state index in [-0.39, 0.29) is 0 Å². The minimum absolute atomic E-state index is 0.992. The van der Waals surface area contributed by atoms with E-state index in [4.69, 9.17) is 0 Å². The Balaban J connectivity index is 1.52. The van der Waals surface area contributed by atoms with Crippen LogP contribution in [-0.4, -0.2) is 0 Å². The fraction of sp³-hybridized carbons (Fsp3) is 0. The van der Waals surface area contributed by atoms with Crippen LogP contribution in [0.25, 0.3) is 22.3 Å². The molecule has 0 aliphatic carbocycles. The first kappa shape index (κ1) is 21.1. The molecule has 0 heterocycles. The zero-order chi connectivity index (χ0) is 23.0. The molecule has 5 rings (SSSR count). The van der Waals surface area contributed by atoms with Crippen LogP contribution in [0.4, 0.5) is 0 Å². The lowest BCUT2D eigenvalue weighted by molar-refractivity contribution is 1.55. The molecule has 0 heteroatoms. The summed E-state index contributed by atoms with van der Waals surface area (Å²) < 4.78 is 0. The van der Waals surface area contributed by atoms with Crippen molar-refractivity contribution < 1.29 is 0 Å². The van der Waals surface area contributed by atoms with E-state index in [1.807, 2.05) is 66.7 Å². The van der Waals surface area contributed by atoms with Crippen LogP contribution < -0.4 is 0 Å². The van der Waals surface area contributed by atoms with Crippen molar-refractivity contribution in [1.82, 2.24) is 0 Å². The second-order valence-electron chi connectivity index (χ2n) is 7.94. The van der Waals surface area contributed by atoms with Crippen molar-refractivity contribution in [2.24, 2.45) is 0 Å². The molecule has 0 fully saturated rings. The molecule has 0 aliphatic rings. The fourth-order valence-corrected chi connectivity index (χ4v) is 3.80. The summed E-state index contributed by atoms with van der Waals surface area (Å²) in [5, 5.41) is 0. The van der Waals surface area contributed by atoms with Crippen molar-refractivity contribution in [1.29, 1.82) is 0 Å². The summed E-state index contributed by atoms with van der Waals surface area (Å²) in [6.45, 7) is 0. The monoisotopic (exact) mass is 430 g/mol. The Morgan fingerprint density at radius 1 is 0.294 bits per heavy atom. The van der Waals surface area contributed by atoms with Gasteiger partial charge in [-0.3, -0.25) is 0 Å². The van der Waals surface area contributed by atoms with Gasteiger partial charge in [0.05, 0.1) is 0 Å². The van der Waals surface area contributed by atoms with Gasteiger partial charge in [0.2, 0.25) is 0 Å². The molecular formula is C34H22. The second kappa shape index (κ2) is 10.2. The third-order valence-electron chi connectivity index (χ3n) is 5.55. The van der Waals surface area contributed by atoms with Gasteiger partial charge >= 0.3 is 0 Å². The van der Waals surface area contributed by atoms with Gasteiger partial charge < -0.3 is 0 Å². The predicted molar refractivity (Wildman–Crippen MR) is 142 cm³/mol. The lowest BCUT2D eigenvalue weighted by atomic mass is 9.92. The summed E-state index contributed by atoms with van der Waals surface area (Å²) in [6.07, 6.45) is 0. The van der Waals surface area contributed by atoms with E-state index in [0.717, 1.165) is 33.4 Å². The lowest BCUT2D eigenvalue weighted by Gasteiger charge is -2.11. The number of hydrogen-bond donors (Lipinski definition) is 0. The summed E-state index contributed by atoms with van der Waals surface area (Å²) in [4.78, 5) is 0. The maximum absolute atomic E-state index is 3.33. The first-order chi connectivity index (χ1) is 16.8. The molecule has 158 valence electrons. The summed E-state index contributed by atoms with van der Waals surface area (Å²) in [5.41, 5.74) is 8.70. The molecule has 0 amide bonds. The maximum Gasteiger partial charge on any atom is 0.0255 e. The van der Waals surface area contributed by atoms with E-state index >= 15 is 0 Å². The number of rotatable bonds is 2. The Hall–Kier alpha value is -4.78. The van der Waals surface area contributed by atoms with Crippen LogP contribution in [0.3, 0.4) is 0 Å². The van der Waals surface area contributed by atoms with Crippen molar-refractivity contribution in [2.75, 3.05) is 0 Å². The van der Waals surface area contributed by atoms with E-state index in [1.165, 1.54) is 11.1 Å². The van der Waals surface area contributed by atoms with Crippen molar-refractivity contribution >= 4 is 0 Å². The maximum atomic E-state index is 3.33. The van der Waals surface area contributed by atoms with Crippen LogP contribution >= 0.6 is 0 Å². The van der Waals surface area contributed by atoms with Crippen molar-refractivity contribution in [2.45, 2.75) is 0 Å². The molecule has 0 unspecified atom stereocenters. The Labute approximate surface area is 201 Å². The van der Waals surface area contributed by atoms with Gasteiger partial charge in [-0.2, -0.15) is 0 Å². The number of benzene rings is 5. The van der Waals surface area contributed by atoms with Gasteiger partial charge in [-0.15, -0.1) is 0 Å². The fourth-order valence-electron chi connectivity index (χ4n) is 3.80. The molecule has 0 saturated heterocycles. The molecule has 0 radical (unpaired) electrons. The average Bonchev–Trinajstić information content (AvgIpc) is 2.92. The van der Waals surface area contributed by atoms with E-state index in [1.54, 1.807) is 0 Å². The highest BCUT2D eigenvalue weighted by Crippen LogP contribution is 2.33. The highest BCUT2D eigenvalue weighted by atomic mass is 14.1. The Bertz CT molecular complexity index is 1500. The highest BCUT2D eigenvalue weighted by Gasteiger charge is 2.08. The van der Waals surface area contributed by atoms with Crippen molar-refractivity contribution in [3.05, 3.63) is 156 Å². The number of hydrogen-bond acceptors (Lipinski definition) is 0. The SMILES string of the molecule is C(#Cc1ccc(-c2cc(C#Cc3ccccc3)ccc2-c2ccccc2)cc1)c1ccccc1. The molecule has 0 aliphatic heterocycles. The van der Waals surface area contributed by atoms with Gasteiger partial charge in [0, 0.05) is 22.3 Å². The second-order valence-corrected chi connectivity index (χ2v) is 7.94. The Morgan fingerprint density at radius 3 is 1.26 bits per heavy atom. The minimum Gasteiger partial charge on any atom is -0.0622 e. The van der Waals surface area contributed by atoms with Crippen LogP contribution in [0.2, 0.25) is 0 Å². The molecular weight excluding hydrogens is 408 g/mol. The molecule has 0 bridgehead atoms. The van der Waals surface area contributed by atoms with E-state index < -0.39 is 0 Å². The van der Waals surface area contributed by atoms with E-state index in [2.05, 4.69) is 90.4 Å². The van der Waals surface area contributed by atoms with Gasteiger partial charge in [0.25, 0.3) is 0 Å². The molecule has 0 saturated carbocycles. The summed E-state index contributed by atoms with van der Waals surface area (Å²) in [5.74, 6) is 13.1. The van der Waals surface area contributed by atoms with Crippen LogP contribution in [-0.2, 0) is 0 Å². The molecule has 5 aromatic rings. The Kier molecular flexibility index (Phi) is 6.34. The topological polar surface area (TPSA) is 0 Å². The quantitative estimate of drug-likeness (QED) is 0.250. The molecule has 0 N–H and O–H groups in total. The average molecular weight is 431 g/mol. The molecule has 0 aromatic heterocycles. The first-order valence-corrected chi connectivity index (χ1v) is 11.3. The molecule has 0 atom stereocenters. The van der Waals surface area contributed by atoms with Crippen LogP contribution in [0, 0.1) is 23.7 Å². The van der Waals surface area contributed by atoms with Gasteiger partial charge in [0.15, 0.2) is 0 Å². The lowest BCUT2D eigenvalue weighted by Crippen LogP contribution is -1.88. The molecule has 5 aromatic carbocycles. The largest absolute Gasteiger partial charge is 0.0622 e. The molecule has 0 nitrogen and oxygen atoms in total. The molecule has 0 spiro atoms. The van der Waals surface area contributed by atoms with Crippen LogP contribution in [0.15, 0.2) is 133 Å². The molecule has 34 heavy (non-hydrogen) atoms. The zero-order valence-corrected chi connectivity index (χ0v) is 18.7. The van der Waals surface area contributed by atoms with Crippen molar-refractivity contribution in [3.63, 3.8) is 0 Å². The zero-order valence-electron chi connectivity index (χ0n) is 18.7. The van der Waals surface area contributed by atoms with E-state index in [0.29, 0.717) is 0 Å². The van der Waals surface area contributed by atoms with Crippen molar-refractivity contribution in [3.8, 4) is 45.9 Å². The smallest absolute Gasteiger partial charge is 0.0255 e.